The molecule has 30 heavy (non-hydrogen) atoms. The SMILES string of the molecule is Cc1ccc(N2C[C@@H](NC(=O)N3CC[NH+](Cc4ccccc4)CC3)CC2=O)cc1C. The first kappa shape index (κ1) is 20.4. The van der Waals surface area contributed by atoms with Crippen LogP contribution in [0.15, 0.2) is 48.5 Å². The van der Waals surface area contributed by atoms with Crippen LogP contribution in [0.25, 0.3) is 0 Å². The number of urea groups is 1. The number of carbonyl (C=O) groups is 2. The van der Waals surface area contributed by atoms with Gasteiger partial charge in [-0.3, -0.25) is 4.79 Å². The van der Waals surface area contributed by atoms with E-state index >= 15 is 0 Å². The Balaban J connectivity index is 1.27. The normalized spacial score (nSPS) is 19.9. The Kier molecular flexibility index (Phi) is 6.04. The number of anilines is 1. The zero-order valence-electron chi connectivity index (χ0n) is 17.9. The second kappa shape index (κ2) is 8.88. The van der Waals surface area contributed by atoms with E-state index in [-0.39, 0.29) is 18.0 Å². The molecule has 2 aromatic rings. The summed E-state index contributed by atoms with van der Waals surface area (Å²) >= 11 is 0. The van der Waals surface area contributed by atoms with Crippen LogP contribution in [-0.4, -0.2) is 55.6 Å². The smallest absolute Gasteiger partial charge is 0.318 e. The van der Waals surface area contributed by atoms with Gasteiger partial charge in [0.1, 0.15) is 6.54 Å². The summed E-state index contributed by atoms with van der Waals surface area (Å²) in [5.41, 5.74) is 4.63. The van der Waals surface area contributed by atoms with E-state index in [0.717, 1.165) is 38.4 Å². The molecule has 158 valence electrons. The maximum absolute atomic E-state index is 12.7. The number of rotatable bonds is 4. The molecule has 0 saturated carbocycles. The van der Waals surface area contributed by atoms with E-state index < -0.39 is 0 Å². The number of piperazine rings is 1. The van der Waals surface area contributed by atoms with E-state index in [0.29, 0.717) is 13.0 Å². The van der Waals surface area contributed by atoms with Crippen molar-refractivity contribution in [2.24, 2.45) is 0 Å². The number of benzene rings is 2. The molecule has 2 saturated heterocycles. The number of carbonyl (C=O) groups excluding carboxylic acids is 2. The maximum atomic E-state index is 12.7. The molecule has 2 fully saturated rings. The molecule has 6 heteroatoms. The van der Waals surface area contributed by atoms with Crippen LogP contribution in [0.3, 0.4) is 0 Å². The molecular weight excluding hydrogens is 376 g/mol. The van der Waals surface area contributed by atoms with Gasteiger partial charge in [-0.15, -0.1) is 0 Å². The van der Waals surface area contributed by atoms with Crippen LogP contribution in [0, 0.1) is 13.8 Å². The highest BCUT2D eigenvalue weighted by atomic mass is 16.2. The summed E-state index contributed by atoms with van der Waals surface area (Å²) in [5, 5.41) is 3.08. The van der Waals surface area contributed by atoms with Gasteiger partial charge in [0.15, 0.2) is 0 Å². The van der Waals surface area contributed by atoms with Crippen LogP contribution < -0.4 is 15.1 Å². The Morgan fingerprint density at radius 3 is 2.50 bits per heavy atom. The molecule has 0 aliphatic carbocycles. The van der Waals surface area contributed by atoms with Gasteiger partial charge in [-0.1, -0.05) is 36.4 Å². The van der Waals surface area contributed by atoms with Gasteiger partial charge >= 0.3 is 6.03 Å². The number of nitrogens with one attached hydrogen (secondary N) is 2. The summed E-state index contributed by atoms with van der Waals surface area (Å²) in [4.78, 5) is 30.4. The third-order valence-electron chi connectivity index (χ3n) is 6.31. The molecule has 2 aliphatic heterocycles. The van der Waals surface area contributed by atoms with E-state index in [2.05, 4.69) is 43.4 Å². The number of aryl methyl sites for hydroxylation is 2. The zero-order valence-corrected chi connectivity index (χ0v) is 17.9. The van der Waals surface area contributed by atoms with Gasteiger partial charge in [-0.05, 0) is 37.1 Å². The molecule has 3 amide bonds. The van der Waals surface area contributed by atoms with Gasteiger partial charge in [0.2, 0.25) is 5.91 Å². The molecule has 2 heterocycles. The van der Waals surface area contributed by atoms with E-state index in [9.17, 15) is 9.59 Å². The molecular formula is C24H31N4O2+. The topological polar surface area (TPSA) is 57.1 Å². The lowest BCUT2D eigenvalue weighted by Gasteiger charge is -2.33. The summed E-state index contributed by atoms with van der Waals surface area (Å²) < 4.78 is 0. The van der Waals surface area contributed by atoms with E-state index in [1.807, 2.05) is 29.2 Å². The van der Waals surface area contributed by atoms with Crippen LogP contribution in [0.2, 0.25) is 0 Å². The minimum Gasteiger partial charge on any atom is -0.333 e. The minimum atomic E-state index is -0.138. The van der Waals surface area contributed by atoms with Crippen LogP contribution in [0.4, 0.5) is 10.5 Å². The molecule has 2 aromatic carbocycles. The van der Waals surface area contributed by atoms with Crippen molar-refractivity contribution >= 4 is 17.6 Å². The molecule has 0 aromatic heterocycles. The van der Waals surface area contributed by atoms with Gasteiger partial charge < -0.3 is 20.0 Å². The summed E-state index contributed by atoms with van der Waals surface area (Å²) in [6, 6.07) is 16.4. The summed E-state index contributed by atoms with van der Waals surface area (Å²) in [6.45, 7) is 9.03. The van der Waals surface area contributed by atoms with Crippen molar-refractivity contribution in [1.29, 1.82) is 0 Å². The van der Waals surface area contributed by atoms with Gasteiger partial charge in [-0.25, -0.2) is 4.79 Å². The van der Waals surface area contributed by atoms with Crippen molar-refractivity contribution in [3.63, 3.8) is 0 Å². The molecule has 0 spiro atoms. The number of quaternary nitrogens is 1. The Morgan fingerprint density at radius 1 is 1.07 bits per heavy atom. The maximum Gasteiger partial charge on any atom is 0.318 e. The fourth-order valence-corrected chi connectivity index (χ4v) is 4.30. The third kappa shape index (κ3) is 4.65. The fourth-order valence-electron chi connectivity index (χ4n) is 4.30. The van der Waals surface area contributed by atoms with Crippen molar-refractivity contribution in [3.05, 3.63) is 65.2 Å². The highest BCUT2D eigenvalue weighted by Gasteiger charge is 2.33. The van der Waals surface area contributed by atoms with Gasteiger partial charge in [0, 0.05) is 24.2 Å². The van der Waals surface area contributed by atoms with Crippen LogP contribution >= 0.6 is 0 Å². The monoisotopic (exact) mass is 407 g/mol. The minimum absolute atomic E-state index is 0.0477. The summed E-state index contributed by atoms with van der Waals surface area (Å²) in [5.74, 6) is 0.0701. The third-order valence-corrected chi connectivity index (χ3v) is 6.31. The van der Waals surface area contributed by atoms with Gasteiger partial charge in [-0.2, -0.15) is 0 Å². The van der Waals surface area contributed by atoms with E-state index in [1.54, 1.807) is 4.90 Å². The lowest BCUT2D eigenvalue weighted by Crippen LogP contribution is -3.13. The van der Waals surface area contributed by atoms with Crippen molar-refractivity contribution in [1.82, 2.24) is 10.2 Å². The van der Waals surface area contributed by atoms with Crippen LogP contribution in [0.5, 0.6) is 0 Å². The van der Waals surface area contributed by atoms with Crippen LogP contribution in [-0.2, 0) is 11.3 Å². The Labute approximate surface area is 178 Å². The predicted octanol–water partition coefficient (Wildman–Crippen LogP) is 1.52. The van der Waals surface area contributed by atoms with E-state index in [4.69, 9.17) is 0 Å². The van der Waals surface area contributed by atoms with Gasteiger partial charge in [0.25, 0.3) is 0 Å². The Morgan fingerprint density at radius 2 is 1.80 bits per heavy atom. The predicted molar refractivity (Wildman–Crippen MR) is 118 cm³/mol. The molecule has 2 N–H and O–H groups in total. The Bertz CT molecular complexity index is 907. The molecule has 0 radical (unpaired) electrons. The molecule has 1 atom stereocenters. The van der Waals surface area contributed by atoms with E-state index in [1.165, 1.54) is 21.6 Å². The number of hydrogen-bond donors (Lipinski definition) is 2. The molecule has 0 unspecified atom stereocenters. The second-order valence-electron chi connectivity index (χ2n) is 8.52. The van der Waals surface area contributed by atoms with Crippen molar-refractivity contribution < 1.29 is 14.5 Å². The average molecular weight is 408 g/mol. The first-order valence-electron chi connectivity index (χ1n) is 10.8. The standard InChI is InChI=1S/C24H30N4O2/c1-18-8-9-22(14-19(18)2)28-17-21(15-23(28)29)25-24(30)27-12-10-26(11-13-27)16-20-6-4-3-5-7-20/h3-9,14,21H,10-13,15-17H2,1-2H3,(H,25,30)/p+1/t21-/m0/s1. The summed E-state index contributed by atoms with van der Waals surface area (Å²) in [6.07, 6.45) is 0.359. The summed E-state index contributed by atoms with van der Waals surface area (Å²) in [7, 11) is 0. The molecule has 4 rings (SSSR count). The second-order valence-corrected chi connectivity index (χ2v) is 8.52. The molecule has 2 aliphatic rings. The average Bonchev–Trinajstić information content (AvgIpc) is 3.11. The molecule has 0 bridgehead atoms. The first-order valence-corrected chi connectivity index (χ1v) is 10.8. The molecule has 6 nitrogen and oxygen atoms in total. The number of amides is 3. The van der Waals surface area contributed by atoms with Gasteiger partial charge in [0.05, 0.1) is 32.2 Å². The van der Waals surface area contributed by atoms with Crippen molar-refractivity contribution in [2.75, 3.05) is 37.6 Å². The highest BCUT2D eigenvalue weighted by Crippen LogP contribution is 2.24. The lowest BCUT2D eigenvalue weighted by molar-refractivity contribution is -0.917. The quantitative estimate of drug-likeness (QED) is 0.808. The lowest BCUT2D eigenvalue weighted by atomic mass is 10.1. The number of nitrogens with zero attached hydrogens (tertiary/aromatic N) is 2. The van der Waals surface area contributed by atoms with Crippen molar-refractivity contribution in [2.45, 2.75) is 32.9 Å². The highest BCUT2D eigenvalue weighted by molar-refractivity contribution is 5.97. The zero-order chi connectivity index (χ0) is 21.1. The Hall–Kier alpha value is -2.86. The largest absolute Gasteiger partial charge is 0.333 e. The van der Waals surface area contributed by atoms with Crippen molar-refractivity contribution in [3.8, 4) is 0 Å². The van der Waals surface area contributed by atoms with Crippen LogP contribution in [0.1, 0.15) is 23.1 Å². The fraction of sp³-hybridized carbons (Fsp3) is 0.417. The first-order chi connectivity index (χ1) is 14.5. The number of hydrogen-bond acceptors (Lipinski definition) is 2.